The van der Waals surface area contributed by atoms with Gasteiger partial charge in [0, 0.05) is 11.9 Å². The van der Waals surface area contributed by atoms with Gasteiger partial charge >= 0.3 is 0 Å². The molecule has 2 aromatic rings. The molecule has 1 amide bonds. The van der Waals surface area contributed by atoms with E-state index in [9.17, 15) is 4.79 Å². The highest BCUT2D eigenvalue weighted by atomic mass is 35.5. The molecule has 17 heavy (non-hydrogen) atoms. The molecule has 0 radical (unpaired) electrons. The minimum Gasteiger partial charge on any atom is -0.395 e. The third-order valence-corrected chi connectivity index (χ3v) is 4.16. The molecular formula is C10H9ClN2O2S2. The molecule has 2 heterocycles. The van der Waals surface area contributed by atoms with Crippen LogP contribution in [0.25, 0.3) is 9.88 Å². The molecule has 0 aromatic carbocycles. The van der Waals surface area contributed by atoms with Crippen LogP contribution in [0.3, 0.4) is 0 Å². The maximum Gasteiger partial charge on any atom is 0.270 e. The van der Waals surface area contributed by atoms with Gasteiger partial charge in [0.25, 0.3) is 5.91 Å². The van der Waals surface area contributed by atoms with Gasteiger partial charge in [-0.15, -0.1) is 22.7 Å². The zero-order chi connectivity index (χ0) is 12.3. The quantitative estimate of drug-likeness (QED) is 0.907. The van der Waals surface area contributed by atoms with E-state index in [0.717, 1.165) is 9.88 Å². The van der Waals surface area contributed by atoms with E-state index in [1.807, 2.05) is 6.07 Å². The Morgan fingerprint density at radius 1 is 1.53 bits per heavy atom. The van der Waals surface area contributed by atoms with E-state index in [1.54, 1.807) is 11.4 Å². The fourth-order valence-electron chi connectivity index (χ4n) is 1.18. The van der Waals surface area contributed by atoms with Crippen LogP contribution in [0.5, 0.6) is 0 Å². The molecule has 4 nitrogen and oxygen atoms in total. The number of halogens is 1. The lowest BCUT2D eigenvalue weighted by Gasteiger charge is -1.98. The molecule has 2 N–H and O–H groups in total. The molecule has 2 aromatic heterocycles. The van der Waals surface area contributed by atoms with Crippen LogP contribution in [0.1, 0.15) is 10.5 Å². The molecule has 0 aliphatic rings. The van der Waals surface area contributed by atoms with Crippen molar-refractivity contribution in [2.75, 3.05) is 13.2 Å². The van der Waals surface area contributed by atoms with Gasteiger partial charge in [-0.2, -0.15) is 0 Å². The molecule has 2 rings (SSSR count). The second-order valence-corrected chi connectivity index (χ2v) is 5.69. The number of aromatic nitrogens is 1. The Labute approximate surface area is 111 Å². The Morgan fingerprint density at radius 3 is 3.00 bits per heavy atom. The van der Waals surface area contributed by atoms with Gasteiger partial charge in [0.1, 0.15) is 10.7 Å². The van der Waals surface area contributed by atoms with E-state index >= 15 is 0 Å². The fraction of sp³-hybridized carbons (Fsp3) is 0.200. The first kappa shape index (κ1) is 12.5. The monoisotopic (exact) mass is 288 g/mol. The summed E-state index contributed by atoms with van der Waals surface area (Å²) in [6.45, 7) is 0.153. The average Bonchev–Trinajstić information content (AvgIpc) is 2.93. The average molecular weight is 289 g/mol. The van der Waals surface area contributed by atoms with Crippen LogP contribution in [0.15, 0.2) is 17.5 Å². The van der Waals surface area contributed by atoms with Gasteiger partial charge in [-0.25, -0.2) is 4.98 Å². The van der Waals surface area contributed by atoms with Crippen LogP contribution in [0, 0.1) is 0 Å². The Balaban J connectivity index is 2.13. The lowest BCUT2D eigenvalue weighted by Crippen LogP contribution is -2.26. The van der Waals surface area contributed by atoms with Crippen molar-refractivity contribution in [3.63, 3.8) is 0 Å². The molecule has 0 spiro atoms. The van der Waals surface area contributed by atoms with Crippen LogP contribution < -0.4 is 5.32 Å². The van der Waals surface area contributed by atoms with Crippen LogP contribution in [0.2, 0.25) is 4.34 Å². The minimum absolute atomic E-state index is 0.0801. The van der Waals surface area contributed by atoms with E-state index in [0.29, 0.717) is 10.0 Å². The predicted octanol–water partition coefficient (Wildman–Crippen LogP) is 2.25. The van der Waals surface area contributed by atoms with Gasteiger partial charge < -0.3 is 10.4 Å². The fourth-order valence-corrected chi connectivity index (χ4v) is 3.10. The predicted molar refractivity (Wildman–Crippen MR) is 69.9 cm³/mol. The van der Waals surface area contributed by atoms with Gasteiger partial charge in [-0.3, -0.25) is 4.79 Å². The number of rotatable bonds is 4. The van der Waals surface area contributed by atoms with Crippen molar-refractivity contribution >= 4 is 40.2 Å². The molecule has 0 aliphatic carbocycles. The lowest BCUT2D eigenvalue weighted by molar-refractivity contribution is 0.0940. The van der Waals surface area contributed by atoms with Crippen molar-refractivity contribution in [3.8, 4) is 9.88 Å². The summed E-state index contributed by atoms with van der Waals surface area (Å²) in [6, 6.07) is 3.68. The number of thiophene rings is 1. The number of aliphatic hydroxyl groups is 1. The Hall–Kier alpha value is -0.950. The number of hydrogen-bond donors (Lipinski definition) is 2. The second-order valence-electron chi connectivity index (χ2n) is 3.12. The lowest BCUT2D eigenvalue weighted by atomic mass is 10.4. The van der Waals surface area contributed by atoms with Gasteiger partial charge in [0.2, 0.25) is 0 Å². The molecule has 7 heteroatoms. The molecule has 0 atom stereocenters. The van der Waals surface area contributed by atoms with E-state index in [4.69, 9.17) is 16.7 Å². The Kier molecular flexibility index (Phi) is 4.11. The summed E-state index contributed by atoms with van der Waals surface area (Å²) >= 11 is 8.66. The summed E-state index contributed by atoms with van der Waals surface area (Å²) in [5.74, 6) is -0.274. The number of carbonyl (C=O) groups excluding carboxylic acids is 1. The first-order valence-electron chi connectivity index (χ1n) is 4.81. The molecule has 0 saturated carbocycles. The molecule has 90 valence electrons. The minimum atomic E-state index is -0.274. The molecule has 0 fully saturated rings. The molecular weight excluding hydrogens is 280 g/mol. The van der Waals surface area contributed by atoms with E-state index < -0.39 is 0 Å². The van der Waals surface area contributed by atoms with Gasteiger partial charge in [0.05, 0.1) is 15.8 Å². The third-order valence-electron chi connectivity index (χ3n) is 1.92. The Bertz CT molecular complexity index is 524. The summed E-state index contributed by atoms with van der Waals surface area (Å²) in [7, 11) is 0. The summed E-state index contributed by atoms with van der Waals surface area (Å²) in [5.41, 5.74) is 0.364. The highest BCUT2D eigenvalue weighted by Crippen LogP contribution is 2.32. The third kappa shape index (κ3) is 3.04. The van der Waals surface area contributed by atoms with Crippen LogP contribution in [0.4, 0.5) is 0 Å². The molecule has 0 unspecified atom stereocenters. The van der Waals surface area contributed by atoms with Gasteiger partial charge in [-0.1, -0.05) is 11.6 Å². The summed E-state index contributed by atoms with van der Waals surface area (Å²) < 4.78 is 0.696. The number of nitrogens with zero attached hydrogens (tertiary/aromatic N) is 1. The number of nitrogens with one attached hydrogen (secondary N) is 1. The number of aliphatic hydroxyl groups excluding tert-OH is 1. The summed E-state index contributed by atoms with van der Waals surface area (Å²) in [5, 5.41) is 13.6. The first-order valence-corrected chi connectivity index (χ1v) is 6.88. The van der Waals surface area contributed by atoms with Gasteiger partial charge in [-0.05, 0) is 12.1 Å². The zero-order valence-corrected chi connectivity index (χ0v) is 11.0. The largest absolute Gasteiger partial charge is 0.395 e. The summed E-state index contributed by atoms with van der Waals surface area (Å²) in [4.78, 5) is 16.7. The topological polar surface area (TPSA) is 62.2 Å². The highest BCUT2D eigenvalue weighted by molar-refractivity contribution is 7.23. The first-order chi connectivity index (χ1) is 8.20. The molecule has 0 bridgehead atoms. The van der Waals surface area contributed by atoms with E-state index in [-0.39, 0.29) is 19.1 Å². The van der Waals surface area contributed by atoms with Crippen molar-refractivity contribution in [1.29, 1.82) is 0 Å². The number of hydrogen-bond acceptors (Lipinski definition) is 5. The molecule has 0 saturated heterocycles. The van der Waals surface area contributed by atoms with E-state index in [1.165, 1.54) is 22.7 Å². The van der Waals surface area contributed by atoms with Crippen molar-refractivity contribution in [1.82, 2.24) is 10.3 Å². The van der Waals surface area contributed by atoms with E-state index in [2.05, 4.69) is 10.3 Å². The summed E-state index contributed by atoms with van der Waals surface area (Å²) in [6.07, 6.45) is 0. The van der Waals surface area contributed by atoms with Crippen LogP contribution >= 0.6 is 34.3 Å². The number of thiazole rings is 1. The van der Waals surface area contributed by atoms with Crippen molar-refractivity contribution in [2.45, 2.75) is 0 Å². The van der Waals surface area contributed by atoms with Crippen LogP contribution in [-0.4, -0.2) is 29.1 Å². The second kappa shape index (κ2) is 5.59. The van der Waals surface area contributed by atoms with Crippen molar-refractivity contribution in [3.05, 3.63) is 27.5 Å². The maximum atomic E-state index is 11.6. The smallest absolute Gasteiger partial charge is 0.270 e. The number of carbonyl (C=O) groups is 1. The standard InChI is InChI=1S/C10H9ClN2O2S2/c11-8-2-1-7(17-8)10-13-6(5-16-10)9(15)12-3-4-14/h1-2,5,14H,3-4H2,(H,12,15). The normalized spacial score (nSPS) is 10.5. The zero-order valence-electron chi connectivity index (χ0n) is 8.64. The van der Waals surface area contributed by atoms with Crippen LogP contribution in [-0.2, 0) is 0 Å². The maximum absolute atomic E-state index is 11.6. The Morgan fingerprint density at radius 2 is 2.35 bits per heavy atom. The van der Waals surface area contributed by atoms with Gasteiger partial charge in [0.15, 0.2) is 0 Å². The SMILES string of the molecule is O=C(NCCO)c1csc(-c2ccc(Cl)s2)n1. The number of amides is 1. The highest BCUT2D eigenvalue weighted by Gasteiger charge is 2.12. The van der Waals surface area contributed by atoms with Crippen molar-refractivity contribution < 1.29 is 9.90 Å². The molecule has 0 aliphatic heterocycles. The van der Waals surface area contributed by atoms with Crippen molar-refractivity contribution in [2.24, 2.45) is 0 Å².